The van der Waals surface area contributed by atoms with E-state index >= 15 is 0 Å². The van der Waals surface area contributed by atoms with E-state index in [1.165, 1.54) is 64.2 Å². The predicted molar refractivity (Wildman–Crippen MR) is 67.1 cm³/mol. The molecule has 0 unspecified atom stereocenters. The fourth-order valence-corrected chi connectivity index (χ4v) is 5.30. The van der Waals surface area contributed by atoms with Crippen molar-refractivity contribution in [2.75, 3.05) is 0 Å². The summed E-state index contributed by atoms with van der Waals surface area (Å²) in [6, 6.07) is 0. The van der Waals surface area contributed by atoms with Crippen molar-refractivity contribution in [1.82, 2.24) is 0 Å². The van der Waals surface area contributed by atoms with Gasteiger partial charge < -0.3 is 9.59 Å². The Balaban J connectivity index is 1.96. The molecule has 0 heterocycles. The molecule has 2 rings (SSSR count). The minimum atomic E-state index is -2.07. The Hall–Kier alpha value is 0.137. The summed E-state index contributed by atoms with van der Waals surface area (Å²) in [6.07, 6.45) is 12.9. The van der Waals surface area contributed by atoms with E-state index in [2.05, 4.69) is 0 Å². The first kappa shape index (κ1) is 12.6. The third kappa shape index (κ3) is 3.08. The lowest BCUT2D eigenvalue weighted by Gasteiger charge is -2.37. The highest BCUT2D eigenvalue weighted by Crippen LogP contribution is 2.44. The zero-order valence-corrected chi connectivity index (χ0v) is 11.2. The standard InChI is InChI=1S/C13H25O2Si/c14-16(15)13(11-7-3-1-4-8-11)12-9-5-2-6-10-12/h11-15H,1-10H2. The maximum atomic E-state index is 9.77. The monoisotopic (exact) mass is 241 g/mol. The molecule has 0 atom stereocenters. The lowest BCUT2D eigenvalue weighted by Crippen LogP contribution is -2.34. The molecule has 2 saturated carbocycles. The van der Waals surface area contributed by atoms with Crippen LogP contribution >= 0.6 is 0 Å². The van der Waals surface area contributed by atoms with Crippen molar-refractivity contribution in [3.05, 3.63) is 0 Å². The van der Waals surface area contributed by atoms with Gasteiger partial charge >= 0.3 is 9.28 Å². The van der Waals surface area contributed by atoms with E-state index in [0.717, 1.165) is 0 Å². The highest BCUT2D eigenvalue weighted by Gasteiger charge is 2.37. The third-order valence-corrected chi connectivity index (χ3v) is 6.15. The molecule has 2 fully saturated rings. The lowest BCUT2D eigenvalue weighted by molar-refractivity contribution is 0.208. The molecule has 0 bridgehead atoms. The largest absolute Gasteiger partial charge is 0.410 e. The van der Waals surface area contributed by atoms with Gasteiger partial charge in [-0.15, -0.1) is 0 Å². The van der Waals surface area contributed by atoms with E-state index in [-0.39, 0.29) is 5.54 Å². The van der Waals surface area contributed by atoms with Crippen LogP contribution in [0.3, 0.4) is 0 Å². The first-order valence-corrected chi connectivity index (χ1v) is 8.51. The molecule has 1 radical (unpaired) electrons. The van der Waals surface area contributed by atoms with Crippen LogP contribution in [0, 0.1) is 11.8 Å². The summed E-state index contributed by atoms with van der Waals surface area (Å²) in [7, 11) is -2.07. The summed E-state index contributed by atoms with van der Waals surface area (Å²) in [6.45, 7) is 0. The highest BCUT2D eigenvalue weighted by atomic mass is 28.3. The average Bonchev–Trinajstić information content (AvgIpc) is 2.31. The molecule has 2 nitrogen and oxygen atoms in total. The molecule has 2 aliphatic carbocycles. The van der Waals surface area contributed by atoms with Crippen molar-refractivity contribution in [3.8, 4) is 0 Å². The Morgan fingerprint density at radius 1 is 0.688 bits per heavy atom. The van der Waals surface area contributed by atoms with Gasteiger partial charge in [-0.05, 0) is 11.8 Å². The Morgan fingerprint density at radius 2 is 1.06 bits per heavy atom. The van der Waals surface area contributed by atoms with Crippen LogP contribution in [0.5, 0.6) is 0 Å². The van der Waals surface area contributed by atoms with Gasteiger partial charge in [-0.2, -0.15) is 0 Å². The summed E-state index contributed by atoms with van der Waals surface area (Å²) in [5.74, 6) is 1.25. The van der Waals surface area contributed by atoms with Crippen LogP contribution < -0.4 is 0 Å². The average molecular weight is 241 g/mol. The van der Waals surface area contributed by atoms with Crippen molar-refractivity contribution < 1.29 is 9.59 Å². The lowest BCUT2D eigenvalue weighted by atomic mass is 9.77. The van der Waals surface area contributed by atoms with Gasteiger partial charge in [-0.1, -0.05) is 64.2 Å². The van der Waals surface area contributed by atoms with Gasteiger partial charge in [-0.25, -0.2) is 0 Å². The Kier molecular flexibility index (Phi) is 4.86. The van der Waals surface area contributed by atoms with E-state index < -0.39 is 9.28 Å². The number of hydrogen-bond donors (Lipinski definition) is 2. The van der Waals surface area contributed by atoms with Gasteiger partial charge in [0.2, 0.25) is 0 Å². The Morgan fingerprint density at radius 3 is 1.38 bits per heavy atom. The van der Waals surface area contributed by atoms with Gasteiger partial charge in [0, 0.05) is 5.54 Å². The second-order valence-electron chi connectivity index (χ2n) is 5.68. The molecular formula is C13H25O2Si. The van der Waals surface area contributed by atoms with E-state index in [9.17, 15) is 9.59 Å². The van der Waals surface area contributed by atoms with Gasteiger partial charge in [0.15, 0.2) is 0 Å². The molecule has 0 aliphatic heterocycles. The summed E-state index contributed by atoms with van der Waals surface area (Å²) < 4.78 is 0. The van der Waals surface area contributed by atoms with Gasteiger partial charge in [0.05, 0.1) is 0 Å². The fourth-order valence-electron chi connectivity index (χ4n) is 3.79. The zero-order valence-electron chi connectivity index (χ0n) is 10.2. The van der Waals surface area contributed by atoms with E-state index in [0.29, 0.717) is 11.8 Å². The molecule has 0 aromatic heterocycles. The summed E-state index contributed by atoms with van der Waals surface area (Å²) >= 11 is 0. The molecule has 0 aromatic rings. The molecule has 0 saturated heterocycles. The molecule has 2 aliphatic rings. The first-order valence-electron chi connectivity index (χ1n) is 7.04. The molecular weight excluding hydrogens is 216 g/mol. The van der Waals surface area contributed by atoms with Crippen molar-refractivity contribution in [1.29, 1.82) is 0 Å². The van der Waals surface area contributed by atoms with Crippen molar-refractivity contribution in [2.45, 2.75) is 69.7 Å². The van der Waals surface area contributed by atoms with Crippen molar-refractivity contribution in [3.63, 3.8) is 0 Å². The van der Waals surface area contributed by atoms with E-state index in [1.807, 2.05) is 0 Å². The topological polar surface area (TPSA) is 40.5 Å². The Labute approximate surface area is 101 Å². The quantitative estimate of drug-likeness (QED) is 0.746. The van der Waals surface area contributed by atoms with Crippen LogP contribution in [-0.4, -0.2) is 18.9 Å². The first-order chi connectivity index (χ1) is 7.79. The predicted octanol–water partition coefficient (Wildman–Crippen LogP) is 2.99. The maximum Gasteiger partial charge on any atom is 0.382 e. The summed E-state index contributed by atoms with van der Waals surface area (Å²) in [5, 5.41) is 0. The van der Waals surface area contributed by atoms with Gasteiger partial charge in [-0.3, -0.25) is 0 Å². The number of hydrogen-bond acceptors (Lipinski definition) is 2. The molecule has 0 aromatic carbocycles. The zero-order chi connectivity index (χ0) is 11.4. The van der Waals surface area contributed by atoms with Gasteiger partial charge in [0.1, 0.15) is 0 Å². The minimum absolute atomic E-state index is 0.269. The van der Waals surface area contributed by atoms with Crippen LogP contribution in [0.1, 0.15) is 64.2 Å². The SMILES string of the molecule is O[Si](O)C(C1CCCCC1)C1CCCCC1. The summed E-state index contributed by atoms with van der Waals surface area (Å²) in [5.41, 5.74) is 0.269. The van der Waals surface area contributed by atoms with Crippen molar-refractivity contribution >= 4 is 9.28 Å². The molecule has 0 amide bonds. The molecule has 93 valence electrons. The van der Waals surface area contributed by atoms with Crippen LogP contribution in [0.25, 0.3) is 0 Å². The smallest absolute Gasteiger partial charge is 0.382 e. The molecule has 0 spiro atoms. The second kappa shape index (κ2) is 6.17. The van der Waals surface area contributed by atoms with Crippen molar-refractivity contribution in [2.24, 2.45) is 11.8 Å². The normalized spacial score (nSPS) is 25.5. The van der Waals surface area contributed by atoms with E-state index in [1.54, 1.807) is 0 Å². The Bertz CT molecular complexity index is 178. The second-order valence-corrected chi connectivity index (χ2v) is 7.06. The van der Waals surface area contributed by atoms with E-state index in [4.69, 9.17) is 0 Å². The fraction of sp³-hybridized carbons (Fsp3) is 1.00. The van der Waals surface area contributed by atoms with Crippen LogP contribution in [0.2, 0.25) is 5.54 Å². The maximum absolute atomic E-state index is 9.77. The minimum Gasteiger partial charge on any atom is -0.410 e. The van der Waals surface area contributed by atoms with Crippen LogP contribution in [0.4, 0.5) is 0 Å². The summed E-state index contributed by atoms with van der Waals surface area (Å²) in [4.78, 5) is 19.5. The molecule has 3 heteroatoms. The number of rotatable bonds is 3. The van der Waals surface area contributed by atoms with Crippen LogP contribution in [-0.2, 0) is 0 Å². The third-order valence-electron chi connectivity index (χ3n) is 4.61. The molecule has 2 N–H and O–H groups in total. The van der Waals surface area contributed by atoms with Gasteiger partial charge in [0.25, 0.3) is 0 Å². The van der Waals surface area contributed by atoms with Crippen LogP contribution in [0.15, 0.2) is 0 Å². The highest BCUT2D eigenvalue weighted by molar-refractivity contribution is 6.43. The molecule has 16 heavy (non-hydrogen) atoms.